The fourth-order valence-electron chi connectivity index (χ4n) is 4.04. The van der Waals surface area contributed by atoms with Gasteiger partial charge in [-0.25, -0.2) is 9.78 Å². The molecular weight excluding hydrogens is 366 g/mol. The van der Waals surface area contributed by atoms with E-state index in [1.807, 2.05) is 19.1 Å². The van der Waals surface area contributed by atoms with Gasteiger partial charge in [0.15, 0.2) is 0 Å². The number of anilines is 1. The summed E-state index contributed by atoms with van der Waals surface area (Å²) in [6, 6.07) is 10.7. The molecule has 2 N–H and O–H groups in total. The van der Waals surface area contributed by atoms with E-state index >= 15 is 0 Å². The van der Waals surface area contributed by atoms with Crippen LogP contribution in [0.15, 0.2) is 41.2 Å². The highest BCUT2D eigenvalue weighted by Gasteiger charge is 2.29. The van der Waals surface area contributed by atoms with Gasteiger partial charge in [-0.3, -0.25) is 4.79 Å². The van der Waals surface area contributed by atoms with Crippen LogP contribution < -0.4 is 10.5 Å². The summed E-state index contributed by atoms with van der Waals surface area (Å²) in [6.07, 6.45) is 8.04. The van der Waals surface area contributed by atoms with E-state index in [2.05, 4.69) is 20.8 Å². The van der Waals surface area contributed by atoms with Crippen LogP contribution in [-0.4, -0.2) is 27.6 Å². The lowest BCUT2D eigenvalue weighted by molar-refractivity contribution is 0.0697. The van der Waals surface area contributed by atoms with Crippen molar-refractivity contribution in [3.05, 3.63) is 69.3 Å². The van der Waals surface area contributed by atoms with Crippen LogP contribution in [0.3, 0.4) is 0 Å². The Bertz CT molecular complexity index is 1190. The van der Waals surface area contributed by atoms with Gasteiger partial charge < -0.3 is 15.0 Å². The molecule has 1 unspecified atom stereocenters. The summed E-state index contributed by atoms with van der Waals surface area (Å²) in [5, 5.41) is 9.72. The smallest absolute Gasteiger partial charge is 0.335 e. The molecule has 6 heteroatoms. The van der Waals surface area contributed by atoms with Crippen LogP contribution in [0.5, 0.6) is 0 Å². The number of terminal acetylenes is 1. The highest BCUT2D eigenvalue weighted by molar-refractivity contribution is 5.88. The van der Waals surface area contributed by atoms with Crippen molar-refractivity contribution in [2.75, 3.05) is 11.4 Å². The summed E-state index contributed by atoms with van der Waals surface area (Å²) in [4.78, 5) is 33.2. The number of aromatic carboxylic acids is 1. The maximum Gasteiger partial charge on any atom is 0.335 e. The number of carboxylic acid groups (broad SMARTS) is 1. The number of fused-ring (bicyclic) bond motifs is 2. The molecule has 0 amide bonds. The Morgan fingerprint density at radius 1 is 1.34 bits per heavy atom. The molecule has 6 nitrogen and oxygen atoms in total. The summed E-state index contributed by atoms with van der Waals surface area (Å²) >= 11 is 0. The summed E-state index contributed by atoms with van der Waals surface area (Å²) < 4.78 is 0. The molecule has 4 rings (SSSR count). The maximum absolute atomic E-state index is 12.5. The van der Waals surface area contributed by atoms with Gasteiger partial charge >= 0.3 is 5.97 Å². The van der Waals surface area contributed by atoms with Gasteiger partial charge in [-0.1, -0.05) is 12.8 Å². The Hall–Kier alpha value is -3.59. The van der Waals surface area contributed by atoms with E-state index in [-0.39, 0.29) is 17.2 Å². The van der Waals surface area contributed by atoms with Crippen LogP contribution in [0.25, 0.3) is 10.9 Å². The number of hydrogen-bond acceptors (Lipinski definition) is 4. The first-order valence-electron chi connectivity index (χ1n) is 9.61. The molecule has 146 valence electrons. The molecule has 0 bridgehead atoms. The van der Waals surface area contributed by atoms with E-state index in [1.54, 1.807) is 24.3 Å². The molecule has 0 saturated carbocycles. The third-order valence-electron chi connectivity index (χ3n) is 5.48. The number of rotatable bonds is 5. The predicted octanol–water partition coefficient (Wildman–Crippen LogP) is 3.31. The molecule has 0 radical (unpaired) electrons. The standard InChI is InChI=1S/C23H21N3O3/c1-3-11-26(16-8-5-14(6-9-16)23(28)29)20-10-7-15-12-19-18(13-17(15)20)22(27)25-21(4-2)24-19/h1,5-6,8-9,12-13,20H,4,7,10-11H2,2H3,(H,28,29)(H,24,25,27). The Balaban J connectivity index is 1.78. The highest BCUT2D eigenvalue weighted by Crippen LogP contribution is 2.39. The first kappa shape index (κ1) is 18.8. The van der Waals surface area contributed by atoms with Crippen LogP contribution in [-0.2, 0) is 12.8 Å². The number of H-pyrrole nitrogens is 1. The van der Waals surface area contributed by atoms with Gasteiger partial charge in [-0.05, 0) is 60.4 Å². The van der Waals surface area contributed by atoms with Crippen molar-refractivity contribution >= 4 is 22.6 Å². The Morgan fingerprint density at radius 3 is 2.76 bits per heavy atom. The lowest BCUT2D eigenvalue weighted by atomic mass is 10.0. The number of carbonyl (C=O) groups is 1. The molecule has 3 aromatic rings. The zero-order chi connectivity index (χ0) is 20.5. The van der Waals surface area contributed by atoms with Crippen molar-refractivity contribution in [2.24, 2.45) is 0 Å². The highest BCUT2D eigenvalue weighted by atomic mass is 16.4. The average Bonchev–Trinajstić information content (AvgIpc) is 3.13. The van der Waals surface area contributed by atoms with Crippen LogP contribution >= 0.6 is 0 Å². The number of nitrogens with zero attached hydrogens (tertiary/aromatic N) is 2. The summed E-state index contributed by atoms with van der Waals surface area (Å²) in [5.74, 6) is 2.43. The summed E-state index contributed by atoms with van der Waals surface area (Å²) in [5.41, 5.74) is 3.93. The lowest BCUT2D eigenvalue weighted by Gasteiger charge is -2.30. The fraction of sp³-hybridized carbons (Fsp3) is 0.261. The van der Waals surface area contributed by atoms with Crippen LogP contribution in [0.1, 0.15) is 46.7 Å². The number of aryl methyl sites for hydroxylation is 2. The van der Waals surface area contributed by atoms with Crippen LogP contribution in [0.4, 0.5) is 5.69 Å². The number of hydrogen-bond donors (Lipinski definition) is 2. The Labute approximate surface area is 168 Å². The van der Waals surface area contributed by atoms with E-state index in [4.69, 9.17) is 11.5 Å². The third kappa shape index (κ3) is 3.36. The van der Waals surface area contributed by atoms with Crippen molar-refractivity contribution in [3.8, 4) is 12.3 Å². The van der Waals surface area contributed by atoms with Gasteiger partial charge in [0.1, 0.15) is 5.82 Å². The second-order valence-electron chi connectivity index (χ2n) is 7.17. The molecule has 1 heterocycles. The molecular formula is C23H21N3O3. The number of benzene rings is 2. The largest absolute Gasteiger partial charge is 0.478 e. The molecule has 1 aliphatic carbocycles. The molecule has 29 heavy (non-hydrogen) atoms. The Kier molecular flexibility index (Phi) is 4.81. The van der Waals surface area contributed by atoms with Crippen molar-refractivity contribution in [2.45, 2.75) is 32.2 Å². The molecule has 2 aromatic carbocycles. The number of aromatic amines is 1. The van der Waals surface area contributed by atoms with Gasteiger partial charge in [-0.2, -0.15) is 0 Å². The molecule has 0 spiro atoms. The average molecular weight is 387 g/mol. The van der Waals surface area contributed by atoms with E-state index in [0.29, 0.717) is 24.2 Å². The first-order valence-corrected chi connectivity index (χ1v) is 9.61. The van der Waals surface area contributed by atoms with Crippen LogP contribution in [0.2, 0.25) is 0 Å². The SMILES string of the molecule is C#CCN(c1ccc(C(=O)O)cc1)C1CCc2cc3nc(CC)[nH]c(=O)c3cc21. The van der Waals surface area contributed by atoms with E-state index in [0.717, 1.165) is 29.6 Å². The van der Waals surface area contributed by atoms with Crippen molar-refractivity contribution in [3.63, 3.8) is 0 Å². The molecule has 0 fully saturated rings. The van der Waals surface area contributed by atoms with Gasteiger partial charge in [-0.15, -0.1) is 6.42 Å². The van der Waals surface area contributed by atoms with Gasteiger partial charge in [0.2, 0.25) is 0 Å². The number of aromatic nitrogens is 2. The van der Waals surface area contributed by atoms with Crippen molar-refractivity contribution in [1.29, 1.82) is 0 Å². The van der Waals surface area contributed by atoms with E-state index < -0.39 is 5.97 Å². The molecule has 1 aromatic heterocycles. The lowest BCUT2D eigenvalue weighted by Crippen LogP contribution is -2.28. The minimum absolute atomic E-state index is 0.0198. The molecule has 0 saturated heterocycles. The Morgan fingerprint density at radius 2 is 2.10 bits per heavy atom. The van der Waals surface area contributed by atoms with E-state index in [1.165, 1.54) is 5.56 Å². The number of carboxylic acids is 1. The fourth-order valence-corrected chi connectivity index (χ4v) is 4.04. The topological polar surface area (TPSA) is 86.3 Å². The molecule has 1 atom stereocenters. The van der Waals surface area contributed by atoms with Gasteiger partial charge in [0.25, 0.3) is 5.56 Å². The quantitative estimate of drug-likeness (QED) is 0.656. The van der Waals surface area contributed by atoms with E-state index in [9.17, 15) is 9.59 Å². The summed E-state index contributed by atoms with van der Waals surface area (Å²) in [7, 11) is 0. The maximum atomic E-state index is 12.5. The third-order valence-corrected chi connectivity index (χ3v) is 5.48. The zero-order valence-corrected chi connectivity index (χ0v) is 16.1. The summed E-state index contributed by atoms with van der Waals surface area (Å²) in [6.45, 7) is 2.35. The zero-order valence-electron chi connectivity index (χ0n) is 16.1. The minimum Gasteiger partial charge on any atom is -0.478 e. The minimum atomic E-state index is -0.962. The van der Waals surface area contributed by atoms with Crippen molar-refractivity contribution in [1.82, 2.24) is 9.97 Å². The monoisotopic (exact) mass is 387 g/mol. The second-order valence-corrected chi connectivity index (χ2v) is 7.17. The van der Waals surface area contributed by atoms with Crippen LogP contribution in [0, 0.1) is 12.3 Å². The number of nitrogens with one attached hydrogen (secondary N) is 1. The van der Waals surface area contributed by atoms with Gasteiger partial charge in [0.05, 0.1) is 29.1 Å². The molecule has 0 aliphatic heterocycles. The first-order chi connectivity index (χ1) is 14.0. The van der Waals surface area contributed by atoms with Gasteiger partial charge in [0, 0.05) is 12.1 Å². The van der Waals surface area contributed by atoms with Crippen molar-refractivity contribution < 1.29 is 9.90 Å². The molecule has 1 aliphatic rings. The predicted molar refractivity (Wildman–Crippen MR) is 112 cm³/mol. The second kappa shape index (κ2) is 7.44. The normalized spacial score (nSPS) is 15.1.